The van der Waals surface area contributed by atoms with E-state index in [1.807, 2.05) is 6.92 Å². The minimum Gasteiger partial charge on any atom is -0.384 e. The van der Waals surface area contributed by atoms with Crippen LogP contribution >= 0.6 is 0 Å². The molecule has 0 radical (unpaired) electrons. The lowest BCUT2D eigenvalue weighted by Gasteiger charge is -2.02. The predicted octanol–water partition coefficient (Wildman–Crippen LogP) is 1.89. The van der Waals surface area contributed by atoms with Crippen molar-refractivity contribution in [2.75, 3.05) is 5.73 Å². The Bertz CT molecular complexity index is 529. The van der Waals surface area contributed by atoms with Crippen LogP contribution in [0, 0.1) is 0 Å². The van der Waals surface area contributed by atoms with E-state index in [0.29, 0.717) is 12.1 Å². The molecule has 2 heterocycles. The lowest BCUT2D eigenvalue weighted by Crippen LogP contribution is -2.07. The van der Waals surface area contributed by atoms with Crippen molar-refractivity contribution in [3.05, 3.63) is 23.5 Å². The van der Waals surface area contributed by atoms with Crippen molar-refractivity contribution in [1.29, 1.82) is 0 Å². The number of hydrogen-bond donors (Lipinski definition) is 1. The van der Waals surface area contributed by atoms with Crippen molar-refractivity contribution >= 4 is 11.5 Å². The lowest BCUT2D eigenvalue weighted by atomic mass is 10.3. The summed E-state index contributed by atoms with van der Waals surface area (Å²) >= 11 is 0. The van der Waals surface area contributed by atoms with E-state index < -0.39 is 11.9 Å². The van der Waals surface area contributed by atoms with Crippen molar-refractivity contribution < 1.29 is 13.2 Å². The first-order chi connectivity index (χ1) is 7.41. The fraction of sp³-hybridized carbons (Fsp3) is 0.333. The van der Waals surface area contributed by atoms with Crippen molar-refractivity contribution in [2.45, 2.75) is 19.5 Å². The Morgan fingerprint density at radius 2 is 2.06 bits per heavy atom. The highest BCUT2D eigenvalue weighted by Gasteiger charge is 2.34. The maximum absolute atomic E-state index is 12.4. The maximum atomic E-state index is 12.4. The Labute approximate surface area is 88.9 Å². The molecule has 0 bridgehead atoms. The van der Waals surface area contributed by atoms with Gasteiger partial charge in [0.05, 0.1) is 0 Å². The van der Waals surface area contributed by atoms with E-state index in [9.17, 15) is 13.2 Å². The minimum atomic E-state index is -4.46. The molecule has 2 N–H and O–H groups in total. The third kappa shape index (κ3) is 1.68. The predicted molar refractivity (Wildman–Crippen MR) is 51.8 cm³/mol. The van der Waals surface area contributed by atoms with E-state index >= 15 is 0 Å². The molecule has 0 unspecified atom stereocenters. The van der Waals surface area contributed by atoms with Gasteiger partial charge in [-0.3, -0.25) is 0 Å². The zero-order valence-electron chi connectivity index (χ0n) is 8.41. The van der Waals surface area contributed by atoms with Crippen molar-refractivity contribution in [1.82, 2.24) is 14.6 Å². The summed E-state index contributed by atoms with van der Waals surface area (Å²) in [6, 6.07) is 2.40. The highest BCUT2D eigenvalue weighted by Crippen LogP contribution is 2.28. The lowest BCUT2D eigenvalue weighted by molar-refractivity contribution is -0.141. The second-order valence-electron chi connectivity index (χ2n) is 3.32. The highest BCUT2D eigenvalue weighted by atomic mass is 19.4. The standard InChI is InChI=1S/C9H9F3N4/c1-2-5-3-7(13)14-8-4-6(9(10,11)12)15-16(5)8/h3-4H,2H2,1H3,(H2,13,14). The molecule has 0 aromatic carbocycles. The third-order valence-electron chi connectivity index (χ3n) is 2.17. The molecule has 0 fully saturated rings. The van der Waals surface area contributed by atoms with Crippen LogP contribution in [0.2, 0.25) is 0 Å². The Kier molecular flexibility index (Phi) is 2.25. The molecule has 16 heavy (non-hydrogen) atoms. The van der Waals surface area contributed by atoms with Crippen LogP contribution in [0.1, 0.15) is 18.3 Å². The van der Waals surface area contributed by atoms with Gasteiger partial charge in [0.2, 0.25) is 0 Å². The smallest absolute Gasteiger partial charge is 0.384 e. The van der Waals surface area contributed by atoms with Crippen LogP contribution in [0.15, 0.2) is 12.1 Å². The van der Waals surface area contributed by atoms with E-state index in [2.05, 4.69) is 10.1 Å². The summed E-state index contributed by atoms with van der Waals surface area (Å²) in [7, 11) is 0. The molecule has 2 aromatic heterocycles. The molecule has 0 saturated heterocycles. The van der Waals surface area contributed by atoms with Gasteiger partial charge in [-0.1, -0.05) is 6.92 Å². The molecule has 7 heteroatoms. The first-order valence-corrected chi connectivity index (χ1v) is 4.64. The topological polar surface area (TPSA) is 56.2 Å². The van der Waals surface area contributed by atoms with E-state index in [-0.39, 0.29) is 11.5 Å². The van der Waals surface area contributed by atoms with Gasteiger partial charge in [-0.05, 0) is 6.42 Å². The molecule has 0 spiro atoms. The summed E-state index contributed by atoms with van der Waals surface area (Å²) in [5.74, 6) is 0.193. The van der Waals surface area contributed by atoms with Gasteiger partial charge in [0.25, 0.3) is 0 Å². The average Bonchev–Trinajstić information content (AvgIpc) is 2.59. The number of anilines is 1. The SMILES string of the molecule is CCc1cc(N)nc2cc(C(F)(F)F)nn12. The monoisotopic (exact) mass is 230 g/mol. The number of aromatic nitrogens is 3. The number of hydrogen-bond acceptors (Lipinski definition) is 3. The Morgan fingerprint density at radius 3 is 2.62 bits per heavy atom. The normalized spacial score (nSPS) is 12.2. The van der Waals surface area contributed by atoms with Gasteiger partial charge in [0.1, 0.15) is 5.82 Å². The molecule has 4 nitrogen and oxygen atoms in total. The van der Waals surface area contributed by atoms with Crippen LogP contribution < -0.4 is 5.73 Å². The summed E-state index contributed by atoms with van der Waals surface area (Å²) in [5, 5.41) is 3.47. The van der Waals surface area contributed by atoms with Crippen LogP contribution in [-0.4, -0.2) is 14.6 Å². The third-order valence-corrected chi connectivity index (χ3v) is 2.17. The minimum absolute atomic E-state index is 0.115. The summed E-state index contributed by atoms with van der Waals surface area (Å²) in [6.45, 7) is 1.81. The van der Waals surface area contributed by atoms with Crippen LogP contribution in [-0.2, 0) is 12.6 Å². The average molecular weight is 230 g/mol. The highest BCUT2D eigenvalue weighted by molar-refractivity contribution is 5.47. The molecule has 0 saturated carbocycles. The quantitative estimate of drug-likeness (QED) is 0.813. The fourth-order valence-corrected chi connectivity index (χ4v) is 1.45. The Balaban J connectivity index is 2.70. The van der Waals surface area contributed by atoms with Gasteiger partial charge < -0.3 is 5.73 Å². The number of alkyl halides is 3. The summed E-state index contributed by atoms with van der Waals surface area (Å²) in [4.78, 5) is 3.80. The number of fused-ring (bicyclic) bond motifs is 1. The number of nitrogens with zero attached hydrogens (tertiary/aromatic N) is 3. The summed E-state index contributed by atoms with van der Waals surface area (Å²) in [6.07, 6.45) is -3.93. The van der Waals surface area contributed by atoms with E-state index in [1.165, 1.54) is 10.6 Å². The molecular formula is C9H9F3N4. The van der Waals surface area contributed by atoms with E-state index in [4.69, 9.17) is 5.73 Å². The van der Waals surface area contributed by atoms with Gasteiger partial charge in [-0.25, -0.2) is 9.50 Å². The largest absolute Gasteiger partial charge is 0.435 e. The summed E-state index contributed by atoms with van der Waals surface area (Å²) in [5.41, 5.74) is 5.24. The second kappa shape index (κ2) is 3.36. The molecular weight excluding hydrogens is 221 g/mol. The number of aryl methyl sites for hydroxylation is 1. The number of halogens is 3. The Morgan fingerprint density at radius 1 is 1.38 bits per heavy atom. The van der Waals surface area contributed by atoms with Crippen LogP contribution in [0.5, 0.6) is 0 Å². The van der Waals surface area contributed by atoms with Gasteiger partial charge in [-0.2, -0.15) is 18.3 Å². The summed E-state index contributed by atoms with van der Waals surface area (Å²) < 4.78 is 38.4. The molecule has 86 valence electrons. The van der Waals surface area contributed by atoms with Gasteiger partial charge in [0.15, 0.2) is 11.3 Å². The van der Waals surface area contributed by atoms with Gasteiger partial charge in [0, 0.05) is 17.8 Å². The van der Waals surface area contributed by atoms with Crippen molar-refractivity contribution in [2.24, 2.45) is 0 Å². The van der Waals surface area contributed by atoms with Gasteiger partial charge in [-0.15, -0.1) is 0 Å². The van der Waals surface area contributed by atoms with Crippen LogP contribution in [0.25, 0.3) is 5.65 Å². The van der Waals surface area contributed by atoms with Gasteiger partial charge >= 0.3 is 6.18 Å². The Hall–Kier alpha value is -1.79. The molecule has 0 amide bonds. The first kappa shape index (κ1) is 10.7. The second-order valence-corrected chi connectivity index (χ2v) is 3.32. The molecule has 0 aliphatic rings. The molecule has 0 aliphatic heterocycles. The molecule has 2 rings (SSSR count). The molecule has 0 atom stereocenters. The van der Waals surface area contributed by atoms with E-state index in [1.54, 1.807) is 0 Å². The fourth-order valence-electron chi connectivity index (χ4n) is 1.45. The molecule has 2 aromatic rings. The van der Waals surface area contributed by atoms with Crippen molar-refractivity contribution in [3.63, 3.8) is 0 Å². The number of nitrogens with two attached hydrogens (primary N) is 1. The van der Waals surface area contributed by atoms with Crippen molar-refractivity contribution in [3.8, 4) is 0 Å². The zero-order valence-corrected chi connectivity index (χ0v) is 8.41. The first-order valence-electron chi connectivity index (χ1n) is 4.64. The number of rotatable bonds is 1. The van der Waals surface area contributed by atoms with Crippen LogP contribution in [0.3, 0.4) is 0 Å². The van der Waals surface area contributed by atoms with Crippen LogP contribution in [0.4, 0.5) is 19.0 Å². The number of nitrogen functional groups attached to an aromatic ring is 1. The zero-order chi connectivity index (χ0) is 11.9. The molecule has 0 aliphatic carbocycles. The maximum Gasteiger partial charge on any atom is 0.435 e. The van der Waals surface area contributed by atoms with E-state index in [0.717, 1.165) is 6.07 Å².